The van der Waals surface area contributed by atoms with Crippen molar-refractivity contribution in [2.24, 2.45) is 0 Å². The minimum Gasteiger partial charge on any atom is -0.497 e. The summed E-state index contributed by atoms with van der Waals surface area (Å²) >= 11 is 0. The molecule has 0 spiro atoms. The maximum atomic E-state index is 12.8. The summed E-state index contributed by atoms with van der Waals surface area (Å²) in [6.45, 7) is 5.37. The number of hydrogen-bond donors (Lipinski definition) is 2. The highest BCUT2D eigenvalue weighted by Crippen LogP contribution is 2.23. The van der Waals surface area contributed by atoms with E-state index >= 15 is 0 Å². The van der Waals surface area contributed by atoms with E-state index in [0.29, 0.717) is 12.1 Å². The maximum absolute atomic E-state index is 12.8. The summed E-state index contributed by atoms with van der Waals surface area (Å²) in [7, 11) is 1.64. The zero-order chi connectivity index (χ0) is 22.9. The molecule has 8 nitrogen and oxygen atoms in total. The Kier molecular flexibility index (Phi) is 7.71. The van der Waals surface area contributed by atoms with Gasteiger partial charge in [0.1, 0.15) is 5.75 Å². The summed E-state index contributed by atoms with van der Waals surface area (Å²) in [6.07, 6.45) is 4.46. The van der Waals surface area contributed by atoms with Gasteiger partial charge < -0.3 is 20.3 Å². The van der Waals surface area contributed by atoms with Gasteiger partial charge in [0, 0.05) is 50.8 Å². The van der Waals surface area contributed by atoms with E-state index in [9.17, 15) is 4.79 Å². The number of para-hydroxylation sites is 1. The van der Waals surface area contributed by atoms with Gasteiger partial charge >= 0.3 is 0 Å². The molecule has 0 aliphatic carbocycles. The Labute approximate surface area is 194 Å². The number of rotatable bonds is 9. The van der Waals surface area contributed by atoms with Gasteiger partial charge in [-0.15, -0.1) is 0 Å². The second-order valence-electron chi connectivity index (χ2n) is 7.89. The highest BCUT2D eigenvalue weighted by molar-refractivity contribution is 6.00. The number of nitrogens with zero attached hydrogens (tertiary/aromatic N) is 4. The van der Waals surface area contributed by atoms with Crippen molar-refractivity contribution >= 4 is 23.2 Å². The lowest BCUT2D eigenvalue weighted by molar-refractivity contribution is 0.0952. The number of amides is 1. The summed E-state index contributed by atoms with van der Waals surface area (Å²) in [4.78, 5) is 26.1. The molecule has 0 atom stereocenters. The first-order valence-electron chi connectivity index (χ1n) is 11.3. The van der Waals surface area contributed by atoms with Crippen molar-refractivity contribution in [1.82, 2.24) is 20.2 Å². The third-order valence-electron chi connectivity index (χ3n) is 5.68. The number of piperazine rings is 1. The quantitative estimate of drug-likeness (QED) is 0.489. The summed E-state index contributed by atoms with van der Waals surface area (Å²) in [5, 5.41) is 6.39. The molecule has 0 unspecified atom stereocenters. The second kappa shape index (κ2) is 11.3. The van der Waals surface area contributed by atoms with Crippen LogP contribution in [0.5, 0.6) is 5.75 Å². The molecule has 3 aromatic rings. The van der Waals surface area contributed by atoms with Gasteiger partial charge in [0.05, 0.1) is 18.4 Å². The zero-order valence-electron chi connectivity index (χ0n) is 18.9. The molecule has 1 fully saturated rings. The van der Waals surface area contributed by atoms with Crippen LogP contribution < -0.4 is 20.3 Å². The minimum absolute atomic E-state index is 0.0716. The molecule has 2 aromatic carbocycles. The zero-order valence-corrected chi connectivity index (χ0v) is 18.9. The molecule has 172 valence electrons. The lowest BCUT2D eigenvalue weighted by Gasteiger charge is -2.34. The number of methoxy groups -OCH3 is 1. The Hall–Kier alpha value is -3.65. The van der Waals surface area contributed by atoms with E-state index in [0.717, 1.165) is 62.2 Å². The first-order chi connectivity index (χ1) is 16.2. The molecule has 1 saturated heterocycles. The van der Waals surface area contributed by atoms with Crippen molar-refractivity contribution < 1.29 is 9.53 Å². The van der Waals surface area contributed by atoms with Crippen molar-refractivity contribution in [3.63, 3.8) is 0 Å². The van der Waals surface area contributed by atoms with Gasteiger partial charge in [0.25, 0.3) is 5.91 Å². The van der Waals surface area contributed by atoms with Gasteiger partial charge in [0.2, 0.25) is 5.95 Å². The van der Waals surface area contributed by atoms with Gasteiger partial charge in [-0.3, -0.25) is 9.69 Å². The van der Waals surface area contributed by atoms with Crippen LogP contribution in [-0.4, -0.2) is 67.2 Å². The number of anilines is 3. The number of ether oxygens (including phenoxy) is 1. The van der Waals surface area contributed by atoms with Crippen LogP contribution in [0.3, 0.4) is 0 Å². The number of aromatic nitrogens is 2. The summed E-state index contributed by atoms with van der Waals surface area (Å²) in [5.41, 5.74) is 2.31. The largest absolute Gasteiger partial charge is 0.497 e. The van der Waals surface area contributed by atoms with Crippen molar-refractivity contribution in [2.75, 3.05) is 56.6 Å². The fraction of sp³-hybridized carbons (Fsp3) is 0.320. The molecule has 1 aliphatic rings. The fourth-order valence-electron chi connectivity index (χ4n) is 3.85. The van der Waals surface area contributed by atoms with E-state index in [1.807, 2.05) is 54.6 Å². The van der Waals surface area contributed by atoms with Crippen LogP contribution in [0.15, 0.2) is 67.0 Å². The number of nitrogens with one attached hydrogen (secondary N) is 2. The molecule has 0 saturated carbocycles. The molecule has 1 aromatic heterocycles. The van der Waals surface area contributed by atoms with Crippen molar-refractivity contribution in [3.05, 3.63) is 72.6 Å². The third kappa shape index (κ3) is 6.20. The van der Waals surface area contributed by atoms with E-state index in [1.165, 1.54) is 0 Å². The number of carbonyl (C=O) groups is 1. The molecular weight excluding hydrogens is 416 g/mol. The average Bonchev–Trinajstić information content (AvgIpc) is 2.88. The Morgan fingerprint density at radius 2 is 1.70 bits per heavy atom. The van der Waals surface area contributed by atoms with E-state index in [-0.39, 0.29) is 5.91 Å². The number of benzene rings is 2. The molecule has 0 radical (unpaired) electrons. The Morgan fingerprint density at radius 3 is 2.42 bits per heavy atom. The van der Waals surface area contributed by atoms with Crippen LogP contribution >= 0.6 is 0 Å². The summed E-state index contributed by atoms with van der Waals surface area (Å²) < 4.78 is 5.20. The van der Waals surface area contributed by atoms with Crippen LogP contribution in [0, 0.1) is 0 Å². The Morgan fingerprint density at radius 1 is 0.970 bits per heavy atom. The molecule has 33 heavy (non-hydrogen) atoms. The highest BCUT2D eigenvalue weighted by atomic mass is 16.5. The van der Waals surface area contributed by atoms with Crippen molar-refractivity contribution in [1.29, 1.82) is 0 Å². The number of hydrogen-bond acceptors (Lipinski definition) is 7. The normalized spacial score (nSPS) is 14.0. The molecule has 1 amide bonds. The van der Waals surface area contributed by atoms with Crippen LogP contribution in [0.25, 0.3) is 0 Å². The molecular formula is C25H30N6O2. The van der Waals surface area contributed by atoms with Crippen molar-refractivity contribution in [2.45, 2.75) is 6.42 Å². The van der Waals surface area contributed by atoms with Gasteiger partial charge in [0.15, 0.2) is 0 Å². The first-order valence-corrected chi connectivity index (χ1v) is 11.3. The van der Waals surface area contributed by atoms with Crippen LogP contribution in [-0.2, 0) is 0 Å². The van der Waals surface area contributed by atoms with Gasteiger partial charge in [-0.1, -0.05) is 12.1 Å². The summed E-state index contributed by atoms with van der Waals surface area (Å²) in [5.74, 6) is 1.52. The molecule has 2 heterocycles. The molecule has 8 heteroatoms. The van der Waals surface area contributed by atoms with Crippen LogP contribution in [0.2, 0.25) is 0 Å². The van der Waals surface area contributed by atoms with Crippen molar-refractivity contribution in [3.8, 4) is 5.75 Å². The topological polar surface area (TPSA) is 82.6 Å². The maximum Gasteiger partial charge on any atom is 0.253 e. The van der Waals surface area contributed by atoms with E-state index in [2.05, 4.69) is 30.4 Å². The fourth-order valence-corrected chi connectivity index (χ4v) is 3.85. The standard InChI is InChI=1S/C25H30N6O2/c1-33-21-10-8-20(9-11-21)29-23-7-3-2-6-22(23)24(32)26-14-5-15-30-16-18-31(19-17-30)25-27-12-4-13-28-25/h2-4,6-13,29H,5,14-19H2,1H3,(H,26,32). The van der Waals surface area contributed by atoms with Crippen LogP contribution in [0.1, 0.15) is 16.8 Å². The third-order valence-corrected chi connectivity index (χ3v) is 5.68. The molecule has 4 rings (SSSR count). The lowest BCUT2D eigenvalue weighted by Crippen LogP contribution is -2.47. The monoisotopic (exact) mass is 446 g/mol. The highest BCUT2D eigenvalue weighted by Gasteiger charge is 2.18. The predicted octanol–water partition coefficient (Wildman–Crippen LogP) is 3.17. The first kappa shape index (κ1) is 22.5. The Bertz CT molecular complexity index is 1020. The van der Waals surface area contributed by atoms with E-state index < -0.39 is 0 Å². The van der Waals surface area contributed by atoms with Gasteiger partial charge in [-0.05, 0) is 55.4 Å². The van der Waals surface area contributed by atoms with Gasteiger partial charge in [-0.25, -0.2) is 9.97 Å². The molecule has 0 bridgehead atoms. The molecule has 2 N–H and O–H groups in total. The second-order valence-corrected chi connectivity index (χ2v) is 7.89. The smallest absolute Gasteiger partial charge is 0.253 e. The van der Waals surface area contributed by atoms with E-state index in [1.54, 1.807) is 19.5 Å². The minimum atomic E-state index is -0.0716. The summed E-state index contributed by atoms with van der Waals surface area (Å²) in [6, 6.07) is 17.0. The predicted molar refractivity (Wildman–Crippen MR) is 130 cm³/mol. The Balaban J connectivity index is 1.22. The number of carbonyl (C=O) groups excluding carboxylic acids is 1. The van der Waals surface area contributed by atoms with E-state index in [4.69, 9.17) is 4.74 Å². The van der Waals surface area contributed by atoms with Crippen LogP contribution in [0.4, 0.5) is 17.3 Å². The molecule has 1 aliphatic heterocycles. The average molecular weight is 447 g/mol. The van der Waals surface area contributed by atoms with Gasteiger partial charge in [-0.2, -0.15) is 0 Å². The lowest BCUT2D eigenvalue weighted by atomic mass is 10.1. The SMILES string of the molecule is COc1ccc(Nc2ccccc2C(=O)NCCCN2CCN(c3ncccn3)CC2)cc1.